The number of fused-ring (bicyclic) bond motifs is 1. The fraction of sp³-hybridized carbons (Fsp3) is 0.250. The number of rotatable bonds is 3. The van der Waals surface area contributed by atoms with Crippen molar-refractivity contribution in [3.63, 3.8) is 0 Å². The third kappa shape index (κ3) is 3.26. The van der Waals surface area contributed by atoms with E-state index < -0.39 is 0 Å². The standard InChI is InChI=1S/C16H15Cl2NO/c17-14-3-1-12(2-4-14)7-8-19-10-13-9-15(18)5-6-16(13)20-11-19/h1-6,9H,7-8,10-11H2/p+1. The van der Waals surface area contributed by atoms with Crippen molar-refractivity contribution in [2.24, 2.45) is 0 Å². The van der Waals surface area contributed by atoms with Gasteiger partial charge < -0.3 is 4.74 Å². The number of ether oxygens (including phenoxy) is 1. The second-order valence-electron chi connectivity index (χ2n) is 5.09. The first-order valence-corrected chi connectivity index (χ1v) is 7.45. The summed E-state index contributed by atoms with van der Waals surface area (Å²) in [5.41, 5.74) is 2.49. The van der Waals surface area contributed by atoms with E-state index >= 15 is 0 Å². The Kier molecular flexibility index (Phi) is 4.16. The SMILES string of the molecule is Clc1ccc(CC[NH+]2COc3ccc(Cl)cc3C2)cc1. The van der Waals surface area contributed by atoms with E-state index in [-0.39, 0.29) is 0 Å². The van der Waals surface area contributed by atoms with E-state index in [1.165, 1.54) is 16.0 Å². The van der Waals surface area contributed by atoms with Gasteiger partial charge in [0.2, 0.25) is 6.73 Å². The van der Waals surface area contributed by atoms with Crippen LogP contribution in [0.25, 0.3) is 0 Å². The van der Waals surface area contributed by atoms with Crippen molar-refractivity contribution in [1.29, 1.82) is 0 Å². The van der Waals surface area contributed by atoms with Gasteiger partial charge >= 0.3 is 0 Å². The number of nitrogens with one attached hydrogen (secondary N) is 1. The lowest BCUT2D eigenvalue weighted by Gasteiger charge is -2.26. The van der Waals surface area contributed by atoms with Crippen LogP contribution < -0.4 is 9.64 Å². The molecule has 1 aliphatic rings. The Morgan fingerprint density at radius 2 is 1.75 bits per heavy atom. The Bertz CT molecular complexity index is 598. The topological polar surface area (TPSA) is 13.7 Å². The fourth-order valence-electron chi connectivity index (χ4n) is 2.46. The van der Waals surface area contributed by atoms with E-state index in [9.17, 15) is 0 Å². The molecule has 0 saturated carbocycles. The highest BCUT2D eigenvalue weighted by molar-refractivity contribution is 6.30. The summed E-state index contributed by atoms with van der Waals surface area (Å²) in [6, 6.07) is 13.9. The first kappa shape index (κ1) is 13.7. The number of halogens is 2. The Morgan fingerprint density at radius 1 is 1.00 bits per heavy atom. The van der Waals surface area contributed by atoms with Gasteiger partial charge in [0, 0.05) is 16.5 Å². The zero-order valence-corrected chi connectivity index (χ0v) is 12.5. The summed E-state index contributed by atoms with van der Waals surface area (Å²) in [7, 11) is 0. The molecule has 0 bridgehead atoms. The van der Waals surface area contributed by atoms with Gasteiger partial charge in [-0.3, -0.25) is 4.90 Å². The molecule has 3 rings (SSSR count). The first-order valence-electron chi connectivity index (χ1n) is 6.70. The lowest BCUT2D eigenvalue weighted by Crippen LogP contribution is -3.12. The van der Waals surface area contributed by atoms with Crippen LogP contribution in [0.4, 0.5) is 0 Å². The molecule has 1 N–H and O–H groups in total. The highest BCUT2D eigenvalue weighted by Gasteiger charge is 2.20. The van der Waals surface area contributed by atoms with Crippen LogP contribution in [0.1, 0.15) is 11.1 Å². The molecule has 1 aliphatic heterocycles. The minimum Gasteiger partial charge on any atom is -0.445 e. The maximum Gasteiger partial charge on any atom is 0.222 e. The molecule has 2 aromatic carbocycles. The third-order valence-electron chi connectivity index (χ3n) is 3.58. The molecule has 104 valence electrons. The van der Waals surface area contributed by atoms with E-state index in [0.29, 0.717) is 6.73 Å². The summed E-state index contributed by atoms with van der Waals surface area (Å²) >= 11 is 11.9. The predicted octanol–water partition coefficient (Wildman–Crippen LogP) is 2.97. The van der Waals surface area contributed by atoms with E-state index in [2.05, 4.69) is 12.1 Å². The maximum atomic E-state index is 6.03. The summed E-state index contributed by atoms with van der Waals surface area (Å²) in [6.07, 6.45) is 1.02. The molecule has 0 aliphatic carbocycles. The summed E-state index contributed by atoms with van der Waals surface area (Å²) in [6.45, 7) is 2.71. The van der Waals surface area contributed by atoms with Gasteiger partial charge in [-0.15, -0.1) is 0 Å². The quantitative estimate of drug-likeness (QED) is 0.920. The van der Waals surface area contributed by atoms with Crippen LogP contribution in [-0.2, 0) is 13.0 Å². The van der Waals surface area contributed by atoms with E-state index in [4.69, 9.17) is 27.9 Å². The molecule has 0 aromatic heterocycles. The van der Waals surface area contributed by atoms with E-state index in [1.54, 1.807) is 0 Å². The average Bonchev–Trinajstić information content (AvgIpc) is 2.46. The zero-order chi connectivity index (χ0) is 13.9. The van der Waals surface area contributed by atoms with Crippen molar-refractivity contribution in [2.45, 2.75) is 13.0 Å². The van der Waals surface area contributed by atoms with Crippen molar-refractivity contribution < 1.29 is 9.64 Å². The van der Waals surface area contributed by atoms with Gasteiger partial charge in [0.05, 0.1) is 12.1 Å². The van der Waals surface area contributed by atoms with E-state index in [1.807, 2.05) is 30.3 Å². The lowest BCUT2D eigenvalue weighted by molar-refractivity contribution is -0.932. The van der Waals surface area contributed by atoms with E-state index in [0.717, 1.165) is 35.3 Å². The molecule has 2 aromatic rings. The number of hydrogen-bond donors (Lipinski definition) is 1. The Morgan fingerprint density at radius 3 is 2.55 bits per heavy atom. The molecular formula is C16H16Cl2NO+. The van der Waals surface area contributed by atoms with Crippen LogP contribution in [-0.4, -0.2) is 13.3 Å². The molecule has 0 radical (unpaired) electrons. The van der Waals surface area contributed by atoms with Crippen LogP contribution in [0, 0.1) is 0 Å². The van der Waals surface area contributed by atoms with Crippen LogP contribution in [0.15, 0.2) is 42.5 Å². The van der Waals surface area contributed by atoms with Crippen LogP contribution >= 0.6 is 23.2 Å². The summed E-state index contributed by atoms with van der Waals surface area (Å²) < 4.78 is 5.78. The molecule has 0 fully saturated rings. The summed E-state index contributed by atoms with van der Waals surface area (Å²) in [5.74, 6) is 0.963. The normalized spacial score (nSPS) is 17.4. The highest BCUT2D eigenvalue weighted by atomic mass is 35.5. The Hall–Kier alpha value is -1.22. The average molecular weight is 309 g/mol. The van der Waals surface area contributed by atoms with Gasteiger partial charge in [-0.2, -0.15) is 0 Å². The number of benzene rings is 2. The summed E-state index contributed by atoms with van der Waals surface area (Å²) in [4.78, 5) is 1.41. The van der Waals surface area contributed by atoms with Crippen molar-refractivity contribution in [3.05, 3.63) is 63.6 Å². The first-order chi connectivity index (χ1) is 9.70. The summed E-state index contributed by atoms with van der Waals surface area (Å²) in [5, 5.41) is 1.55. The Labute approximate surface area is 128 Å². The minimum atomic E-state index is 0.711. The molecule has 1 unspecified atom stereocenters. The molecule has 2 nitrogen and oxygen atoms in total. The predicted molar refractivity (Wildman–Crippen MR) is 81.6 cm³/mol. The van der Waals surface area contributed by atoms with Crippen molar-refractivity contribution in [1.82, 2.24) is 0 Å². The lowest BCUT2D eigenvalue weighted by atomic mass is 10.1. The van der Waals surface area contributed by atoms with Gasteiger partial charge in [-0.25, -0.2) is 0 Å². The smallest absolute Gasteiger partial charge is 0.222 e. The molecule has 1 atom stereocenters. The van der Waals surface area contributed by atoms with Crippen LogP contribution in [0.5, 0.6) is 5.75 Å². The van der Waals surface area contributed by atoms with Crippen molar-refractivity contribution >= 4 is 23.2 Å². The molecule has 0 amide bonds. The molecule has 1 heterocycles. The maximum absolute atomic E-state index is 6.03. The van der Waals surface area contributed by atoms with Crippen molar-refractivity contribution in [3.8, 4) is 5.75 Å². The Balaban J connectivity index is 1.61. The molecule has 0 spiro atoms. The monoisotopic (exact) mass is 308 g/mol. The van der Waals surface area contributed by atoms with Crippen molar-refractivity contribution in [2.75, 3.05) is 13.3 Å². The zero-order valence-electron chi connectivity index (χ0n) is 11.0. The highest BCUT2D eigenvalue weighted by Crippen LogP contribution is 2.23. The van der Waals surface area contributed by atoms with Gasteiger partial charge in [0.15, 0.2) is 0 Å². The molecular weight excluding hydrogens is 293 g/mol. The van der Waals surface area contributed by atoms with Gasteiger partial charge in [-0.05, 0) is 35.9 Å². The number of quaternary nitrogens is 1. The number of hydrogen-bond acceptors (Lipinski definition) is 1. The second-order valence-corrected chi connectivity index (χ2v) is 5.97. The minimum absolute atomic E-state index is 0.711. The molecule has 4 heteroatoms. The van der Waals surface area contributed by atoms with Gasteiger partial charge in [0.1, 0.15) is 12.3 Å². The molecule has 0 saturated heterocycles. The van der Waals surface area contributed by atoms with Crippen LogP contribution in [0.2, 0.25) is 10.0 Å². The van der Waals surface area contributed by atoms with Crippen LogP contribution in [0.3, 0.4) is 0 Å². The van der Waals surface area contributed by atoms with Gasteiger partial charge in [0.25, 0.3) is 0 Å². The second kappa shape index (κ2) is 6.04. The largest absolute Gasteiger partial charge is 0.445 e. The third-order valence-corrected chi connectivity index (χ3v) is 4.06. The molecule has 20 heavy (non-hydrogen) atoms. The van der Waals surface area contributed by atoms with Gasteiger partial charge in [-0.1, -0.05) is 35.3 Å². The fourth-order valence-corrected chi connectivity index (χ4v) is 2.78.